The summed E-state index contributed by atoms with van der Waals surface area (Å²) in [4.78, 5) is 37.1. The Kier molecular flexibility index (Phi) is 9.63. The molecule has 2 aromatic rings. The number of hydrogen-bond acceptors (Lipinski definition) is 7. The quantitative estimate of drug-likeness (QED) is 0.292. The van der Waals surface area contributed by atoms with Gasteiger partial charge < -0.3 is 25.4 Å². The van der Waals surface area contributed by atoms with E-state index < -0.39 is 17.7 Å². The van der Waals surface area contributed by atoms with E-state index in [0.29, 0.717) is 47.9 Å². The fourth-order valence-electron chi connectivity index (χ4n) is 4.86. The lowest BCUT2D eigenvalue weighted by Gasteiger charge is -2.32. The van der Waals surface area contributed by atoms with E-state index in [1.807, 2.05) is 24.3 Å². The molecule has 8 nitrogen and oxygen atoms in total. The normalized spacial score (nSPS) is 16.6. The van der Waals surface area contributed by atoms with Crippen LogP contribution in [-0.2, 0) is 37.8 Å². The van der Waals surface area contributed by atoms with E-state index in [9.17, 15) is 14.4 Å². The van der Waals surface area contributed by atoms with Crippen molar-refractivity contribution < 1.29 is 23.9 Å². The van der Waals surface area contributed by atoms with E-state index in [2.05, 4.69) is 22.9 Å². The van der Waals surface area contributed by atoms with Crippen molar-refractivity contribution >= 4 is 35.1 Å². The highest BCUT2D eigenvalue weighted by atomic mass is 35.5. The van der Waals surface area contributed by atoms with Gasteiger partial charge in [-0.15, -0.1) is 0 Å². The number of esters is 2. The molecule has 0 bridgehead atoms. The average molecular weight is 542 g/mol. The Hall–Kier alpha value is -3.10. The number of anilines is 1. The number of amides is 1. The molecule has 0 unspecified atom stereocenters. The van der Waals surface area contributed by atoms with Gasteiger partial charge in [-0.3, -0.25) is 14.4 Å². The number of ether oxygens (including phenoxy) is 2. The zero-order valence-corrected chi connectivity index (χ0v) is 22.6. The second-order valence-corrected chi connectivity index (χ2v) is 10.2. The first-order chi connectivity index (χ1) is 18.4. The van der Waals surface area contributed by atoms with Gasteiger partial charge in [0.2, 0.25) is 0 Å². The highest BCUT2D eigenvalue weighted by Gasteiger charge is 2.46. The predicted molar refractivity (Wildman–Crippen MR) is 146 cm³/mol. The molecule has 0 radical (unpaired) electrons. The SMILES string of the molecule is CCCCCCCNC(=O)c1ccc(CNc2c(Cl)ccc3c2CCNCC32OC(=O)CCC(=O)O2)cc1. The lowest BCUT2D eigenvalue weighted by atomic mass is 9.96. The van der Waals surface area contributed by atoms with Crippen LogP contribution in [0.2, 0.25) is 5.02 Å². The summed E-state index contributed by atoms with van der Waals surface area (Å²) in [6.45, 7) is 4.11. The van der Waals surface area contributed by atoms with Crippen molar-refractivity contribution in [3.63, 3.8) is 0 Å². The maximum atomic E-state index is 12.5. The molecule has 0 aliphatic carbocycles. The fourth-order valence-corrected chi connectivity index (χ4v) is 5.11. The van der Waals surface area contributed by atoms with Gasteiger partial charge in [0.1, 0.15) is 0 Å². The zero-order valence-electron chi connectivity index (χ0n) is 21.9. The summed E-state index contributed by atoms with van der Waals surface area (Å²) in [5.74, 6) is -2.55. The Labute approximate surface area is 228 Å². The van der Waals surface area contributed by atoms with E-state index in [1.54, 1.807) is 12.1 Å². The number of halogens is 1. The Bertz CT molecular complexity index is 1130. The predicted octanol–water partition coefficient (Wildman–Crippen LogP) is 4.83. The molecule has 9 heteroatoms. The number of carbonyl (C=O) groups excluding carboxylic acids is 3. The number of carbonyl (C=O) groups is 3. The summed E-state index contributed by atoms with van der Waals surface area (Å²) >= 11 is 6.60. The first-order valence-electron chi connectivity index (χ1n) is 13.5. The summed E-state index contributed by atoms with van der Waals surface area (Å²) in [7, 11) is 0. The molecule has 2 heterocycles. The summed E-state index contributed by atoms with van der Waals surface area (Å²) in [6.07, 6.45) is 6.35. The number of unbranched alkanes of at least 4 members (excludes halogenated alkanes) is 4. The molecule has 3 N–H and O–H groups in total. The minimum absolute atomic E-state index is 0.0123. The highest BCUT2D eigenvalue weighted by Crippen LogP contribution is 2.40. The Morgan fingerprint density at radius 3 is 2.39 bits per heavy atom. The van der Waals surface area contributed by atoms with E-state index in [4.69, 9.17) is 21.1 Å². The second-order valence-electron chi connectivity index (χ2n) is 9.80. The maximum absolute atomic E-state index is 12.5. The molecule has 1 spiro atoms. The van der Waals surface area contributed by atoms with Crippen LogP contribution in [0.4, 0.5) is 5.69 Å². The highest BCUT2D eigenvalue weighted by molar-refractivity contribution is 6.33. The van der Waals surface area contributed by atoms with Crippen LogP contribution >= 0.6 is 11.6 Å². The lowest BCUT2D eigenvalue weighted by molar-refractivity contribution is -0.225. The molecule has 38 heavy (non-hydrogen) atoms. The topological polar surface area (TPSA) is 106 Å². The largest absolute Gasteiger partial charge is 0.416 e. The molecule has 204 valence electrons. The van der Waals surface area contributed by atoms with Gasteiger partial charge in [-0.2, -0.15) is 0 Å². The molecular weight excluding hydrogens is 506 g/mol. The molecule has 0 atom stereocenters. The third-order valence-corrected chi connectivity index (χ3v) is 7.24. The van der Waals surface area contributed by atoms with Gasteiger partial charge in [0.05, 0.1) is 30.1 Å². The fraction of sp³-hybridized carbons (Fsp3) is 0.483. The van der Waals surface area contributed by atoms with Crippen LogP contribution < -0.4 is 16.0 Å². The Morgan fingerprint density at radius 1 is 0.974 bits per heavy atom. The van der Waals surface area contributed by atoms with Gasteiger partial charge in [0.25, 0.3) is 11.7 Å². The molecule has 1 saturated heterocycles. The Morgan fingerprint density at radius 2 is 1.68 bits per heavy atom. The molecule has 4 rings (SSSR count). The molecule has 1 amide bonds. The van der Waals surface area contributed by atoms with E-state index in [1.165, 1.54) is 19.3 Å². The van der Waals surface area contributed by atoms with Gasteiger partial charge in [-0.25, -0.2) is 0 Å². The smallest absolute Gasteiger partial charge is 0.309 e. The van der Waals surface area contributed by atoms with Crippen LogP contribution in [0.5, 0.6) is 0 Å². The minimum atomic E-state index is -1.53. The molecular formula is C29H36ClN3O5. The summed E-state index contributed by atoms with van der Waals surface area (Å²) in [5, 5.41) is 10.1. The average Bonchev–Trinajstić information content (AvgIpc) is 3.17. The zero-order chi connectivity index (χ0) is 27.0. The third-order valence-electron chi connectivity index (χ3n) is 6.92. The molecule has 1 fully saturated rings. The first-order valence-corrected chi connectivity index (χ1v) is 13.9. The maximum Gasteiger partial charge on any atom is 0.309 e. The van der Waals surface area contributed by atoms with Crippen molar-refractivity contribution in [2.75, 3.05) is 25.0 Å². The lowest BCUT2D eigenvalue weighted by Crippen LogP contribution is -2.43. The van der Waals surface area contributed by atoms with Crippen LogP contribution in [0.1, 0.15) is 78.9 Å². The van der Waals surface area contributed by atoms with E-state index >= 15 is 0 Å². The van der Waals surface area contributed by atoms with E-state index in [-0.39, 0.29) is 25.3 Å². The van der Waals surface area contributed by atoms with Crippen molar-refractivity contribution in [3.05, 3.63) is 63.7 Å². The molecule has 2 aliphatic heterocycles. The van der Waals surface area contributed by atoms with Gasteiger partial charge in [0, 0.05) is 24.2 Å². The minimum Gasteiger partial charge on any atom is -0.416 e. The summed E-state index contributed by atoms with van der Waals surface area (Å²) in [6, 6.07) is 10.9. The van der Waals surface area contributed by atoms with Crippen LogP contribution in [-0.4, -0.2) is 37.5 Å². The van der Waals surface area contributed by atoms with Crippen molar-refractivity contribution in [1.29, 1.82) is 0 Å². The van der Waals surface area contributed by atoms with Crippen LogP contribution in [0.15, 0.2) is 36.4 Å². The second kappa shape index (κ2) is 13.1. The van der Waals surface area contributed by atoms with Crippen molar-refractivity contribution in [3.8, 4) is 0 Å². The number of fused-ring (bicyclic) bond motifs is 2. The van der Waals surface area contributed by atoms with E-state index in [0.717, 1.165) is 24.0 Å². The van der Waals surface area contributed by atoms with Crippen LogP contribution in [0, 0.1) is 0 Å². The number of nitrogens with one attached hydrogen (secondary N) is 3. The standard InChI is InChI=1S/C29H36ClN3O5/c1-2-3-4-5-6-16-32-28(36)21-9-7-20(8-10-21)18-33-27-22-15-17-31-19-29(23(22)11-12-24(27)30)37-25(34)13-14-26(35)38-29/h7-12,31,33H,2-6,13-19H2,1H3,(H,32,36). The monoisotopic (exact) mass is 541 g/mol. The van der Waals surface area contributed by atoms with Gasteiger partial charge >= 0.3 is 11.9 Å². The number of rotatable bonds is 10. The van der Waals surface area contributed by atoms with Crippen LogP contribution in [0.3, 0.4) is 0 Å². The Balaban J connectivity index is 1.44. The molecule has 2 aliphatic rings. The van der Waals surface area contributed by atoms with Crippen LogP contribution in [0.25, 0.3) is 0 Å². The first kappa shape index (κ1) is 27.9. The van der Waals surface area contributed by atoms with Gasteiger partial charge in [0.15, 0.2) is 0 Å². The van der Waals surface area contributed by atoms with Gasteiger partial charge in [-0.05, 0) is 54.8 Å². The van der Waals surface area contributed by atoms with Crippen molar-refractivity contribution in [2.45, 2.75) is 70.6 Å². The number of hydrogen-bond donors (Lipinski definition) is 3. The molecule has 0 saturated carbocycles. The van der Waals surface area contributed by atoms with Gasteiger partial charge in [-0.1, -0.05) is 56.3 Å². The molecule has 0 aromatic heterocycles. The van der Waals surface area contributed by atoms with Crippen molar-refractivity contribution in [2.24, 2.45) is 0 Å². The third kappa shape index (κ3) is 6.85. The van der Waals surface area contributed by atoms with Crippen molar-refractivity contribution in [1.82, 2.24) is 10.6 Å². The molecule has 2 aromatic carbocycles. The number of benzene rings is 2. The summed E-state index contributed by atoms with van der Waals surface area (Å²) in [5.41, 5.74) is 3.75. The summed E-state index contributed by atoms with van der Waals surface area (Å²) < 4.78 is 11.4.